The Morgan fingerprint density at radius 2 is 1.89 bits per heavy atom. The van der Waals surface area contributed by atoms with E-state index < -0.39 is 24.0 Å². The summed E-state index contributed by atoms with van der Waals surface area (Å²) in [6, 6.07) is -1.55. The monoisotopic (exact) mass is 274 g/mol. The highest BCUT2D eigenvalue weighted by Crippen LogP contribution is 2.08. The number of aliphatic carboxylic acids is 1. The minimum atomic E-state index is -1.09. The van der Waals surface area contributed by atoms with Crippen molar-refractivity contribution in [3.8, 4) is 0 Å². The normalized spacial score (nSPS) is 13.3. The summed E-state index contributed by atoms with van der Waals surface area (Å²) in [7, 11) is 1.23. The Labute approximate surface area is 112 Å². The van der Waals surface area contributed by atoms with Gasteiger partial charge in [-0.3, -0.25) is 4.79 Å². The summed E-state index contributed by atoms with van der Waals surface area (Å²) in [5.74, 6) is -1.83. The molecule has 0 aliphatic heterocycles. The highest BCUT2D eigenvalue weighted by Gasteiger charge is 2.27. The molecule has 7 heteroatoms. The molecule has 7 nitrogen and oxygen atoms in total. The van der Waals surface area contributed by atoms with Crippen LogP contribution < -0.4 is 5.32 Å². The second-order valence-corrected chi connectivity index (χ2v) is 4.24. The molecule has 0 aromatic heterocycles. The first-order valence-electron chi connectivity index (χ1n) is 6.22. The topological polar surface area (TPSA) is 95.9 Å². The first kappa shape index (κ1) is 17.2. The van der Waals surface area contributed by atoms with E-state index in [-0.39, 0.29) is 19.0 Å². The molecule has 0 fully saturated rings. The van der Waals surface area contributed by atoms with Crippen molar-refractivity contribution in [1.29, 1.82) is 0 Å². The van der Waals surface area contributed by atoms with E-state index in [1.807, 2.05) is 6.92 Å². The van der Waals surface area contributed by atoms with Gasteiger partial charge in [-0.25, -0.2) is 9.59 Å². The number of esters is 1. The van der Waals surface area contributed by atoms with Crippen molar-refractivity contribution in [3.05, 3.63) is 0 Å². The van der Waals surface area contributed by atoms with Gasteiger partial charge in [-0.2, -0.15) is 0 Å². The molecule has 2 atom stereocenters. The van der Waals surface area contributed by atoms with Crippen LogP contribution >= 0.6 is 0 Å². The third kappa shape index (κ3) is 5.58. The Hall–Kier alpha value is -1.79. The van der Waals surface area contributed by atoms with Crippen molar-refractivity contribution < 1.29 is 24.2 Å². The first-order valence-corrected chi connectivity index (χ1v) is 6.22. The second-order valence-electron chi connectivity index (χ2n) is 4.24. The number of nitrogens with one attached hydrogen (secondary N) is 1. The Bertz CT molecular complexity index is 332. The molecular formula is C12H22N2O5. The predicted molar refractivity (Wildman–Crippen MR) is 68.7 cm³/mol. The summed E-state index contributed by atoms with van der Waals surface area (Å²) in [5, 5.41) is 11.5. The lowest BCUT2D eigenvalue weighted by Gasteiger charge is -2.25. The summed E-state index contributed by atoms with van der Waals surface area (Å²) in [5.41, 5.74) is 0. The van der Waals surface area contributed by atoms with Crippen LogP contribution in [-0.4, -0.2) is 54.2 Å². The SMILES string of the molecule is CC[C@H](C)[C@H](NC(=O)N(CC)CC(=O)OC)C(=O)O. The van der Waals surface area contributed by atoms with Crippen molar-refractivity contribution in [2.45, 2.75) is 33.2 Å². The van der Waals surface area contributed by atoms with Crippen LogP contribution in [0.5, 0.6) is 0 Å². The fourth-order valence-corrected chi connectivity index (χ4v) is 1.46. The molecule has 0 aliphatic rings. The number of methoxy groups -OCH3 is 1. The van der Waals surface area contributed by atoms with Gasteiger partial charge in [0.15, 0.2) is 0 Å². The molecule has 0 aromatic rings. The Morgan fingerprint density at radius 3 is 2.26 bits per heavy atom. The molecule has 0 rings (SSSR count). The van der Waals surface area contributed by atoms with Crippen LogP contribution in [0.3, 0.4) is 0 Å². The number of ether oxygens (including phenoxy) is 1. The summed E-state index contributed by atoms with van der Waals surface area (Å²) in [6.07, 6.45) is 0.625. The van der Waals surface area contributed by atoms with Crippen LogP contribution in [0.2, 0.25) is 0 Å². The first-order chi connectivity index (χ1) is 8.87. The summed E-state index contributed by atoms with van der Waals surface area (Å²) in [6.45, 7) is 5.37. The molecule has 0 radical (unpaired) electrons. The standard InChI is InChI=1S/C12H22N2O5/c1-5-8(3)10(11(16)17)13-12(18)14(6-2)7-9(15)19-4/h8,10H,5-7H2,1-4H3,(H,13,18)(H,16,17)/t8-,10-/m0/s1. The van der Waals surface area contributed by atoms with Crippen LogP contribution in [0.15, 0.2) is 0 Å². The highest BCUT2D eigenvalue weighted by molar-refractivity contribution is 5.85. The average molecular weight is 274 g/mol. The third-order valence-electron chi connectivity index (χ3n) is 2.97. The number of nitrogens with zero attached hydrogens (tertiary/aromatic N) is 1. The van der Waals surface area contributed by atoms with E-state index in [1.54, 1.807) is 13.8 Å². The van der Waals surface area contributed by atoms with E-state index >= 15 is 0 Å². The summed E-state index contributed by atoms with van der Waals surface area (Å²) in [4.78, 5) is 35.3. The van der Waals surface area contributed by atoms with Crippen molar-refractivity contribution in [3.63, 3.8) is 0 Å². The molecule has 110 valence electrons. The fraction of sp³-hybridized carbons (Fsp3) is 0.750. The average Bonchev–Trinajstić information content (AvgIpc) is 2.40. The predicted octanol–water partition coefficient (Wildman–Crippen LogP) is 0.690. The molecular weight excluding hydrogens is 252 g/mol. The van der Waals surface area contributed by atoms with Gasteiger partial charge in [-0.15, -0.1) is 0 Å². The Kier molecular flexibility index (Phi) is 7.55. The van der Waals surface area contributed by atoms with Gasteiger partial charge in [0.25, 0.3) is 0 Å². The number of carboxylic acid groups (broad SMARTS) is 1. The Morgan fingerprint density at radius 1 is 1.32 bits per heavy atom. The van der Waals surface area contributed by atoms with Crippen molar-refractivity contribution in [2.24, 2.45) is 5.92 Å². The largest absolute Gasteiger partial charge is 0.480 e. The number of hydrogen-bond donors (Lipinski definition) is 2. The number of rotatable bonds is 7. The van der Waals surface area contributed by atoms with Gasteiger partial charge in [0, 0.05) is 6.54 Å². The van der Waals surface area contributed by atoms with E-state index in [9.17, 15) is 14.4 Å². The fourth-order valence-electron chi connectivity index (χ4n) is 1.46. The van der Waals surface area contributed by atoms with Crippen molar-refractivity contribution >= 4 is 18.0 Å². The van der Waals surface area contributed by atoms with Gasteiger partial charge in [-0.05, 0) is 12.8 Å². The maximum Gasteiger partial charge on any atom is 0.326 e. The van der Waals surface area contributed by atoms with Gasteiger partial charge in [0.2, 0.25) is 0 Å². The molecule has 0 aliphatic carbocycles. The molecule has 2 N–H and O–H groups in total. The molecule has 0 aromatic carbocycles. The Balaban J connectivity index is 4.68. The van der Waals surface area contributed by atoms with Gasteiger partial charge < -0.3 is 20.1 Å². The van der Waals surface area contributed by atoms with E-state index in [0.717, 1.165) is 0 Å². The third-order valence-corrected chi connectivity index (χ3v) is 2.97. The summed E-state index contributed by atoms with van der Waals surface area (Å²) < 4.78 is 4.48. The molecule has 0 heterocycles. The van der Waals surface area contributed by atoms with Crippen molar-refractivity contribution in [1.82, 2.24) is 10.2 Å². The lowest BCUT2D eigenvalue weighted by molar-refractivity contribution is -0.141. The minimum Gasteiger partial charge on any atom is -0.480 e. The molecule has 0 bridgehead atoms. The van der Waals surface area contributed by atoms with Gasteiger partial charge in [-0.1, -0.05) is 20.3 Å². The zero-order chi connectivity index (χ0) is 15.0. The van der Waals surface area contributed by atoms with E-state index in [4.69, 9.17) is 5.11 Å². The van der Waals surface area contributed by atoms with Gasteiger partial charge in [0.1, 0.15) is 12.6 Å². The molecule has 2 amide bonds. The van der Waals surface area contributed by atoms with Crippen molar-refractivity contribution in [2.75, 3.05) is 20.2 Å². The number of likely N-dealkylation sites (N-methyl/N-ethyl adjacent to an activating group) is 1. The number of amides is 2. The highest BCUT2D eigenvalue weighted by atomic mass is 16.5. The zero-order valence-corrected chi connectivity index (χ0v) is 11.8. The number of urea groups is 1. The lowest BCUT2D eigenvalue weighted by atomic mass is 9.99. The van der Waals surface area contributed by atoms with Crippen LogP contribution in [0, 0.1) is 5.92 Å². The van der Waals surface area contributed by atoms with Crippen LogP contribution in [0.25, 0.3) is 0 Å². The number of carbonyl (C=O) groups excluding carboxylic acids is 2. The van der Waals surface area contributed by atoms with Crippen LogP contribution in [-0.2, 0) is 14.3 Å². The smallest absolute Gasteiger partial charge is 0.326 e. The molecule has 19 heavy (non-hydrogen) atoms. The minimum absolute atomic E-state index is 0.196. The van der Waals surface area contributed by atoms with E-state index in [1.165, 1.54) is 12.0 Å². The molecule has 0 saturated heterocycles. The summed E-state index contributed by atoms with van der Waals surface area (Å²) >= 11 is 0. The maximum absolute atomic E-state index is 11.9. The van der Waals surface area contributed by atoms with Crippen LogP contribution in [0.4, 0.5) is 4.79 Å². The van der Waals surface area contributed by atoms with E-state index in [0.29, 0.717) is 6.42 Å². The molecule has 0 saturated carbocycles. The number of hydrogen-bond acceptors (Lipinski definition) is 4. The number of carboxylic acids is 1. The lowest BCUT2D eigenvalue weighted by Crippen LogP contribution is -2.51. The molecule has 0 unspecified atom stereocenters. The van der Waals surface area contributed by atoms with E-state index in [2.05, 4.69) is 10.1 Å². The van der Waals surface area contributed by atoms with Gasteiger partial charge in [0.05, 0.1) is 7.11 Å². The zero-order valence-electron chi connectivity index (χ0n) is 11.8. The maximum atomic E-state index is 11.9. The second kappa shape index (κ2) is 8.34. The quantitative estimate of drug-likeness (QED) is 0.666. The van der Waals surface area contributed by atoms with Gasteiger partial charge >= 0.3 is 18.0 Å². The number of carbonyl (C=O) groups is 3. The van der Waals surface area contributed by atoms with Crippen LogP contribution in [0.1, 0.15) is 27.2 Å². The molecule has 0 spiro atoms.